The van der Waals surface area contributed by atoms with E-state index < -0.39 is 0 Å². The quantitative estimate of drug-likeness (QED) is 0.277. The first-order valence-corrected chi connectivity index (χ1v) is 12.9. The van der Waals surface area contributed by atoms with Crippen LogP contribution in [0.15, 0.2) is 53.7 Å². The Morgan fingerprint density at radius 3 is 2.53 bits per heavy atom. The van der Waals surface area contributed by atoms with Crippen LogP contribution in [-0.4, -0.2) is 58.1 Å². The summed E-state index contributed by atoms with van der Waals surface area (Å²) in [6.07, 6.45) is 0. The molecular weight excluding hydrogens is 501 g/mol. The van der Waals surface area contributed by atoms with Gasteiger partial charge in [0.2, 0.25) is 5.91 Å². The number of rotatable bonds is 6. The lowest BCUT2D eigenvalue weighted by Crippen LogP contribution is -2.54. The lowest BCUT2D eigenvalue weighted by atomic mass is 10.1. The van der Waals surface area contributed by atoms with E-state index in [4.69, 9.17) is 11.6 Å². The number of amides is 2. The SMILES string of the molecule is Cc1ccc(NC(=O)CSc2nc(Cl)cc(N3CCN(C(=O)c4ccc(F)cc4)C(C)C3)n2)cc1C. The summed E-state index contributed by atoms with van der Waals surface area (Å²) in [5, 5.41) is 3.59. The molecule has 1 aromatic heterocycles. The van der Waals surface area contributed by atoms with E-state index in [1.165, 1.54) is 36.0 Å². The average molecular weight is 528 g/mol. The van der Waals surface area contributed by atoms with Crippen LogP contribution in [0.3, 0.4) is 0 Å². The smallest absolute Gasteiger partial charge is 0.254 e. The predicted octanol–water partition coefficient (Wildman–Crippen LogP) is 4.97. The van der Waals surface area contributed by atoms with E-state index in [-0.39, 0.29) is 34.6 Å². The van der Waals surface area contributed by atoms with Crippen LogP contribution in [0.1, 0.15) is 28.4 Å². The zero-order valence-electron chi connectivity index (χ0n) is 20.3. The van der Waals surface area contributed by atoms with Crippen LogP contribution in [0.4, 0.5) is 15.9 Å². The molecule has 1 aliphatic rings. The molecule has 0 radical (unpaired) electrons. The Morgan fingerprint density at radius 1 is 1.08 bits per heavy atom. The number of carbonyl (C=O) groups is 2. The van der Waals surface area contributed by atoms with Crippen molar-refractivity contribution in [2.24, 2.45) is 0 Å². The van der Waals surface area contributed by atoms with Gasteiger partial charge in [0.05, 0.1) is 5.75 Å². The molecule has 10 heteroatoms. The highest BCUT2D eigenvalue weighted by Crippen LogP contribution is 2.25. The van der Waals surface area contributed by atoms with E-state index in [1.54, 1.807) is 11.0 Å². The number of anilines is 2. The molecule has 1 N–H and O–H groups in total. The molecule has 2 amide bonds. The first-order valence-electron chi connectivity index (χ1n) is 11.6. The van der Waals surface area contributed by atoms with Crippen molar-refractivity contribution in [1.29, 1.82) is 0 Å². The first-order chi connectivity index (χ1) is 17.2. The normalized spacial score (nSPS) is 15.6. The molecule has 2 heterocycles. The Bertz CT molecular complexity index is 1270. The summed E-state index contributed by atoms with van der Waals surface area (Å²) in [5.41, 5.74) is 3.48. The van der Waals surface area contributed by atoms with E-state index in [9.17, 15) is 14.0 Å². The van der Waals surface area contributed by atoms with Crippen molar-refractivity contribution in [2.45, 2.75) is 32.0 Å². The van der Waals surface area contributed by atoms with Gasteiger partial charge >= 0.3 is 0 Å². The number of nitrogens with zero attached hydrogens (tertiary/aromatic N) is 4. The van der Waals surface area contributed by atoms with Gasteiger partial charge in [-0.1, -0.05) is 29.4 Å². The number of aryl methyl sites for hydroxylation is 2. The molecule has 4 rings (SSSR count). The van der Waals surface area contributed by atoms with Crippen LogP contribution in [0.2, 0.25) is 5.15 Å². The highest BCUT2D eigenvalue weighted by atomic mass is 35.5. The molecule has 1 atom stereocenters. The predicted molar refractivity (Wildman–Crippen MR) is 141 cm³/mol. The summed E-state index contributed by atoms with van der Waals surface area (Å²) in [5.74, 6) is 0.126. The number of hydrogen-bond donors (Lipinski definition) is 1. The number of thioether (sulfide) groups is 1. The molecule has 1 aliphatic heterocycles. The van der Waals surface area contributed by atoms with Crippen molar-refractivity contribution >= 4 is 46.7 Å². The van der Waals surface area contributed by atoms with E-state index in [2.05, 4.69) is 15.3 Å². The lowest BCUT2D eigenvalue weighted by Gasteiger charge is -2.40. The molecule has 36 heavy (non-hydrogen) atoms. The maximum Gasteiger partial charge on any atom is 0.254 e. The summed E-state index contributed by atoms with van der Waals surface area (Å²) in [6.45, 7) is 7.58. The van der Waals surface area contributed by atoms with Gasteiger partial charge in [0.15, 0.2) is 5.16 Å². The van der Waals surface area contributed by atoms with E-state index in [1.807, 2.05) is 43.9 Å². The summed E-state index contributed by atoms with van der Waals surface area (Å²) in [6, 6.07) is 13.0. The van der Waals surface area contributed by atoms with Gasteiger partial charge in [0.25, 0.3) is 5.91 Å². The average Bonchev–Trinajstić information content (AvgIpc) is 2.85. The van der Waals surface area contributed by atoms with Crippen LogP contribution in [0.25, 0.3) is 0 Å². The van der Waals surface area contributed by atoms with Crippen molar-refractivity contribution in [3.05, 3.63) is 76.2 Å². The number of hydrogen-bond acceptors (Lipinski definition) is 6. The summed E-state index contributed by atoms with van der Waals surface area (Å²) < 4.78 is 13.2. The van der Waals surface area contributed by atoms with Crippen molar-refractivity contribution in [3.63, 3.8) is 0 Å². The molecule has 0 aliphatic carbocycles. The standard InChI is InChI=1S/C26H27ClFN5O2S/c1-16-4-9-21(12-17(16)2)29-24(34)15-36-26-30-22(27)13-23(31-26)32-10-11-33(18(3)14-32)25(35)19-5-7-20(28)8-6-19/h4-9,12-13,18H,10-11,14-15H2,1-3H3,(H,29,34). The zero-order valence-corrected chi connectivity index (χ0v) is 21.9. The summed E-state index contributed by atoms with van der Waals surface area (Å²) >= 11 is 7.48. The third kappa shape index (κ3) is 6.33. The van der Waals surface area contributed by atoms with Gasteiger partial charge in [-0.05, 0) is 68.3 Å². The van der Waals surface area contributed by atoms with Crippen LogP contribution < -0.4 is 10.2 Å². The van der Waals surface area contributed by atoms with Crippen LogP contribution >= 0.6 is 23.4 Å². The second-order valence-electron chi connectivity index (χ2n) is 8.77. The molecular formula is C26H27ClFN5O2S. The van der Waals surface area contributed by atoms with Crippen LogP contribution in [0, 0.1) is 19.7 Å². The molecule has 1 fully saturated rings. The monoisotopic (exact) mass is 527 g/mol. The second kappa shape index (κ2) is 11.3. The number of benzene rings is 2. The van der Waals surface area contributed by atoms with Gasteiger partial charge in [0.1, 0.15) is 16.8 Å². The van der Waals surface area contributed by atoms with Crippen LogP contribution in [-0.2, 0) is 4.79 Å². The zero-order chi connectivity index (χ0) is 25.8. The van der Waals surface area contributed by atoms with Crippen LogP contribution in [0.5, 0.6) is 0 Å². The van der Waals surface area contributed by atoms with Gasteiger partial charge in [-0.2, -0.15) is 0 Å². The Balaban J connectivity index is 1.37. The van der Waals surface area contributed by atoms with Crippen molar-refractivity contribution in [1.82, 2.24) is 14.9 Å². The molecule has 1 saturated heterocycles. The fourth-order valence-electron chi connectivity index (χ4n) is 3.98. The Hall–Kier alpha value is -3.17. The van der Waals surface area contributed by atoms with Crippen molar-refractivity contribution in [3.8, 4) is 0 Å². The fraction of sp³-hybridized carbons (Fsp3) is 0.308. The Morgan fingerprint density at radius 2 is 1.83 bits per heavy atom. The lowest BCUT2D eigenvalue weighted by molar-refractivity contribution is -0.113. The van der Waals surface area contributed by atoms with E-state index in [0.717, 1.165) is 16.8 Å². The number of aromatic nitrogens is 2. The highest BCUT2D eigenvalue weighted by Gasteiger charge is 2.29. The maximum absolute atomic E-state index is 13.2. The number of piperazine rings is 1. The molecule has 3 aromatic rings. The van der Waals surface area contributed by atoms with Gasteiger partial charge in [-0.15, -0.1) is 0 Å². The Kier molecular flexibility index (Phi) is 8.11. The minimum Gasteiger partial charge on any atom is -0.353 e. The summed E-state index contributed by atoms with van der Waals surface area (Å²) in [7, 11) is 0. The van der Waals surface area contributed by atoms with Gasteiger partial charge in [-0.25, -0.2) is 14.4 Å². The third-order valence-corrected chi connectivity index (χ3v) is 7.13. The molecule has 7 nitrogen and oxygen atoms in total. The summed E-state index contributed by atoms with van der Waals surface area (Å²) in [4.78, 5) is 38.0. The number of carbonyl (C=O) groups excluding carboxylic acids is 2. The van der Waals surface area contributed by atoms with Crippen molar-refractivity contribution in [2.75, 3.05) is 35.6 Å². The number of nitrogens with one attached hydrogen (secondary N) is 1. The molecule has 0 saturated carbocycles. The highest BCUT2D eigenvalue weighted by molar-refractivity contribution is 7.99. The van der Waals surface area contributed by atoms with E-state index >= 15 is 0 Å². The largest absolute Gasteiger partial charge is 0.353 e. The minimum absolute atomic E-state index is 0.0927. The maximum atomic E-state index is 13.2. The van der Waals surface area contributed by atoms with Gasteiger partial charge in [-0.3, -0.25) is 9.59 Å². The second-order valence-corrected chi connectivity index (χ2v) is 10.1. The van der Waals surface area contributed by atoms with E-state index in [0.29, 0.717) is 36.2 Å². The van der Waals surface area contributed by atoms with Gasteiger partial charge < -0.3 is 15.1 Å². The Labute approximate surface area is 219 Å². The minimum atomic E-state index is -0.374. The first kappa shape index (κ1) is 25.9. The molecule has 0 spiro atoms. The van der Waals surface area contributed by atoms with Crippen molar-refractivity contribution < 1.29 is 14.0 Å². The molecule has 188 valence electrons. The van der Waals surface area contributed by atoms with Gasteiger partial charge in [0, 0.05) is 43.0 Å². The number of halogens is 2. The molecule has 1 unspecified atom stereocenters. The third-order valence-electron chi connectivity index (χ3n) is 6.09. The topological polar surface area (TPSA) is 78.4 Å². The molecule has 0 bridgehead atoms. The molecule has 2 aromatic carbocycles. The fourth-order valence-corrected chi connectivity index (χ4v) is 4.87.